The van der Waals surface area contributed by atoms with Gasteiger partial charge in [-0.2, -0.15) is 8.78 Å². The number of fused-ring (bicyclic) bond motifs is 1. The summed E-state index contributed by atoms with van der Waals surface area (Å²) in [6, 6.07) is 0. The maximum Gasteiger partial charge on any atom is 0.378 e. The number of hydrogen-bond donors (Lipinski definition) is 1. The zero-order chi connectivity index (χ0) is 16.5. The van der Waals surface area contributed by atoms with Crippen molar-refractivity contribution >= 4 is 44.1 Å². The van der Waals surface area contributed by atoms with E-state index < -0.39 is 16.7 Å². The quantitative estimate of drug-likeness (QED) is 0.616. The molecule has 0 bridgehead atoms. The highest BCUT2D eigenvalue weighted by Crippen LogP contribution is 2.39. The molecule has 0 unspecified atom stereocenters. The number of thiophene rings is 1. The Kier molecular flexibility index (Phi) is 5.21. The number of amides is 1. The molecule has 0 spiro atoms. The van der Waals surface area contributed by atoms with Crippen molar-refractivity contribution in [3.05, 3.63) is 16.0 Å². The van der Waals surface area contributed by atoms with E-state index in [1.54, 1.807) is 13.8 Å². The predicted octanol–water partition coefficient (Wildman–Crippen LogP) is 4.12. The van der Waals surface area contributed by atoms with Crippen LogP contribution in [0.25, 0.3) is 0 Å². The summed E-state index contributed by atoms with van der Waals surface area (Å²) in [6.07, 6.45) is 3.05. The van der Waals surface area contributed by atoms with Crippen molar-refractivity contribution in [1.29, 1.82) is 0 Å². The van der Waals surface area contributed by atoms with Gasteiger partial charge in [-0.1, -0.05) is 0 Å². The molecule has 1 heterocycles. The largest absolute Gasteiger partial charge is 0.459 e. The van der Waals surface area contributed by atoms with Crippen LogP contribution in [0.1, 0.15) is 47.5 Å². The van der Waals surface area contributed by atoms with Crippen molar-refractivity contribution in [3.8, 4) is 0 Å². The number of nitrogens with one attached hydrogen (secondary N) is 1. The average molecular weight is 396 g/mol. The van der Waals surface area contributed by atoms with Gasteiger partial charge in [0.25, 0.3) is 0 Å². The summed E-state index contributed by atoms with van der Waals surface area (Å²) >= 11 is 3.19. The van der Waals surface area contributed by atoms with E-state index in [4.69, 9.17) is 4.74 Å². The first-order chi connectivity index (χ1) is 10.2. The Balaban J connectivity index is 2.38. The molecule has 1 aromatic heterocycles. The van der Waals surface area contributed by atoms with Crippen LogP contribution in [0.5, 0.6) is 0 Å². The van der Waals surface area contributed by atoms with Crippen LogP contribution in [0, 0.1) is 0 Å². The Morgan fingerprint density at radius 3 is 2.55 bits per heavy atom. The predicted molar refractivity (Wildman–Crippen MR) is 84.0 cm³/mol. The summed E-state index contributed by atoms with van der Waals surface area (Å²) in [4.78, 5) is 21.0. The minimum atomic E-state index is -3.68. The van der Waals surface area contributed by atoms with Gasteiger partial charge in [-0.3, -0.25) is 4.79 Å². The number of hydrogen-bond acceptors (Lipinski definition) is 4. The fourth-order valence-electron chi connectivity index (χ4n) is 2.32. The lowest BCUT2D eigenvalue weighted by molar-refractivity contribution is -0.128. The van der Waals surface area contributed by atoms with Gasteiger partial charge in [0.2, 0.25) is 0 Å². The van der Waals surface area contributed by atoms with Crippen LogP contribution in [0.2, 0.25) is 0 Å². The second-order valence-electron chi connectivity index (χ2n) is 5.32. The van der Waals surface area contributed by atoms with E-state index >= 15 is 0 Å². The topological polar surface area (TPSA) is 55.4 Å². The van der Waals surface area contributed by atoms with E-state index in [0.29, 0.717) is 6.42 Å². The maximum absolute atomic E-state index is 13.0. The molecule has 1 N–H and O–H groups in total. The van der Waals surface area contributed by atoms with Gasteiger partial charge in [0, 0.05) is 20.8 Å². The van der Waals surface area contributed by atoms with Gasteiger partial charge in [-0.25, -0.2) is 4.79 Å². The number of carbonyl (C=O) groups excluding carboxylic acids is 2. The van der Waals surface area contributed by atoms with Crippen molar-refractivity contribution in [1.82, 2.24) is 0 Å². The Morgan fingerprint density at radius 1 is 1.32 bits per heavy atom. The molecule has 2 rings (SSSR count). The summed E-state index contributed by atoms with van der Waals surface area (Å²) in [5.41, 5.74) is 1.04. The Labute approximate surface area is 139 Å². The average Bonchev–Trinajstić information content (AvgIpc) is 2.74. The molecule has 122 valence electrons. The molecule has 4 nitrogen and oxygen atoms in total. The number of aryl methyl sites for hydroxylation is 1. The van der Waals surface area contributed by atoms with Crippen molar-refractivity contribution in [2.75, 3.05) is 5.32 Å². The van der Waals surface area contributed by atoms with Crippen molar-refractivity contribution < 1.29 is 23.1 Å². The number of alkyl halides is 3. The minimum absolute atomic E-state index is 0.140. The molecule has 1 amide bonds. The van der Waals surface area contributed by atoms with Gasteiger partial charge in [0.1, 0.15) is 5.00 Å². The molecule has 8 heteroatoms. The second-order valence-corrected chi connectivity index (χ2v) is 7.42. The van der Waals surface area contributed by atoms with Gasteiger partial charge in [0.15, 0.2) is 0 Å². The zero-order valence-corrected chi connectivity index (χ0v) is 14.6. The molecule has 1 aliphatic carbocycles. The van der Waals surface area contributed by atoms with Crippen LogP contribution in [0.15, 0.2) is 0 Å². The Bertz CT molecular complexity index is 596. The van der Waals surface area contributed by atoms with E-state index in [9.17, 15) is 18.4 Å². The third-order valence-corrected chi connectivity index (χ3v) is 4.77. The molecular formula is C14H16BrF2NO3S. The number of rotatable bonds is 4. The molecule has 0 atom stereocenters. The molecule has 0 radical (unpaired) electrons. The molecule has 0 aliphatic heterocycles. The highest BCUT2D eigenvalue weighted by atomic mass is 79.9. The summed E-state index contributed by atoms with van der Waals surface area (Å²) in [7, 11) is 0. The molecule has 1 aromatic rings. The Morgan fingerprint density at radius 2 is 1.95 bits per heavy atom. The minimum Gasteiger partial charge on any atom is -0.459 e. The maximum atomic E-state index is 13.0. The zero-order valence-electron chi connectivity index (χ0n) is 12.2. The van der Waals surface area contributed by atoms with Gasteiger partial charge < -0.3 is 10.1 Å². The summed E-state index contributed by atoms with van der Waals surface area (Å²) < 4.78 is 31.2. The van der Waals surface area contributed by atoms with Gasteiger partial charge >= 0.3 is 16.7 Å². The van der Waals surface area contributed by atoms with Gasteiger partial charge in [0.05, 0.1) is 11.7 Å². The third-order valence-electron chi connectivity index (χ3n) is 3.20. The monoisotopic (exact) mass is 395 g/mol. The van der Waals surface area contributed by atoms with E-state index in [2.05, 4.69) is 5.32 Å². The number of esters is 1. The van der Waals surface area contributed by atoms with E-state index in [1.165, 1.54) is 11.3 Å². The van der Waals surface area contributed by atoms with Crippen molar-refractivity contribution in [2.45, 2.75) is 50.5 Å². The molecule has 0 saturated carbocycles. The van der Waals surface area contributed by atoms with Crippen molar-refractivity contribution in [2.24, 2.45) is 0 Å². The molecular weight excluding hydrogens is 380 g/mol. The van der Waals surface area contributed by atoms with Crippen LogP contribution >= 0.6 is 27.3 Å². The van der Waals surface area contributed by atoms with E-state index in [-0.39, 0.29) is 16.7 Å². The van der Waals surface area contributed by atoms with E-state index in [0.717, 1.165) is 29.7 Å². The number of ether oxygens (including phenoxy) is 1. The third kappa shape index (κ3) is 3.84. The van der Waals surface area contributed by atoms with Crippen LogP contribution in [0.4, 0.5) is 13.8 Å². The lowest BCUT2D eigenvalue weighted by atomic mass is 9.95. The number of halogens is 3. The molecule has 22 heavy (non-hydrogen) atoms. The van der Waals surface area contributed by atoms with Crippen LogP contribution < -0.4 is 5.32 Å². The smallest absolute Gasteiger partial charge is 0.378 e. The van der Waals surface area contributed by atoms with Crippen LogP contribution in [-0.2, 0) is 22.4 Å². The van der Waals surface area contributed by atoms with Crippen molar-refractivity contribution in [3.63, 3.8) is 0 Å². The molecule has 1 aliphatic rings. The highest BCUT2D eigenvalue weighted by molar-refractivity contribution is 9.10. The lowest BCUT2D eigenvalue weighted by Gasteiger charge is -2.14. The number of anilines is 1. The second kappa shape index (κ2) is 6.62. The lowest BCUT2D eigenvalue weighted by Crippen LogP contribution is -2.29. The standard InChI is InChI=1S/C14H16BrF2NO3S/c1-7(2)21-12(19)10-8-5-3-4-6-9(8)22-11(10)18-13(20)14(15,16)17/h7H,3-6H2,1-2H3,(H,18,20). The first kappa shape index (κ1) is 17.3. The Hall–Kier alpha value is -1.02. The normalized spacial score (nSPS) is 14.6. The fraction of sp³-hybridized carbons (Fsp3) is 0.571. The summed E-state index contributed by atoms with van der Waals surface area (Å²) in [5, 5.41) is 2.28. The molecule has 0 saturated heterocycles. The molecule has 0 aromatic carbocycles. The van der Waals surface area contributed by atoms with E-state index in [1.807, 2.05) is 15.9 Å². The van der Waals surface area contributed by atoms with Gasteiger partial charge in [-0.05, 0) is 45.1 Å². The summed E-state index contributed by atoms with van der Waals surface area (Å²) in [5.74, 6) is -2.08. The number of carbonyl (C=O) groups is 2. The molecule has 0 fully saturated rings. The van der Waals surface area contributed by atoms with Crippen LogP contribution in [-0.4, -0.2) is 22.8 Å². The fourth-order valence-corrected chi connectivity index (χ4v) is 3.69. The first-order valence-corrected chi connectivity index (χ1v) is 8.54. The van der Waals surface area contributed by atoms with Crippen LogP contribution in [0.3, 0.4) is 0 Å². The summed E-state index contributed by atoms with van der Waals surface area (Å²) in [6.45, 7) is 3.42. The van der Waals surface area contributed by atoms with Gasteiger partial charge in [-0.15, -0.1) is 11.3 Å². The first-order valence-electron chi connectivity index (χ1n) is 6.94. The highest BCUT2D eigenvalue weighted by Gasteiger charge is 2.37. The SMILES string of the molecule is CC(C)OC(=O)c1c(NC(=O)C(F)(F)Br)sc2c1CCCC2.